The molecule has 1 amide bonds. The zero-order chi connectivity index (χ0) is 12.7. The van der Waals surface area contributed by atoms with Crippen molar-refractivity contribution in [1.29, 1.82) is 0 Å². The average molecular weight is 255 g/mol. The number of nitrogens with two attached hydrogens (primary N) is 1. The molecule has 94 valence electrons. The quantitative estimate of drug-likeness (QED) is 0.735. The Bertz CT molecular complexity index is 351. The van der Waals surface area contributed by atoms with Crippen LogP contribution < -0.4 is 11.1 Å². The molecule has 1 unspecified atom stereocenters. The Balaban J connectivity index is 2.54. The van der Waals surface area contributed by atoms with Crippen LogP contribution in [0.25, 0.3) is 0 Å². The van der Waals surface area contributed by atoms with Gasteiger partial charge in [-0.2, -0.15) is 0 Å². The number of halogens is 1. The summed E-state index contributed by atoms with van der Waals surface area (Å²) in [5, 5.41) is 3.81. The summed E-state index contributed by atoms with van der Waals surface area (Å²) in [6.45, 7) is 2.13. The molecule has 1 atom stereocenters. The van der Waals surface area contributed by atoms with Crippen LogP contribution in [0.15, 0.2) is 24.3 Å². The predicted octanol–water partition coefficient (Wildman–Crippen LogP) is 3.19. The van der Waals surface area contributed by atoms with Crippen LogP contribution >= 0.6 is 11.6 Å². The van der Waals surface area contributed by atoms with Crippen molar-refractivity contribution in [2.45, 2.75) is 38.6 Å². The van der Waals surface area contributed by atoms with Crippen LogP contribution in [-0.2, 0) is 4.79 Å². The molecule has 0 aliphatic rings. The zero-order valence-corrected chi connectivity index (χ0v) is 10.8. The van der Waals surface area contributed by atoms with E-state index in [-0.39, 0.29) is 11.9 Å². The first-order chi connectivity index (χ1) is 8.13. The van der Waals surface area contributed by atoms with Crippen LogP contribution in [0.3, 0.4) is 0 Å². The van der Waals surface area contributed by atoms with Gasteiger partial charge in [0.25, 0.3) is 0 Å². The maximum absolute atomic E-state index is 11.3. The molecular weight excluding hydrogens is 236 g/mol. The van der Waals surface area contributed by atoms with Gasteiger partial charge in [-0.1, -0.05) is 37.8 Å². The minimum absolute atomic E-state index is 0.303. The molecule has 0 heterocycles. The third-order valence-electron chi connectivity index (χ3n) is 2.62. The smallest absolute Gasteiger partial charge is 0.239 e. The van der Waals surface area contributed by atoms with Crippen molar-refractivity contribution >= 4 is 23.2 Å². The van der Waals surface area contributed by atoms with Gasteiger partial charge >= 0.3 is 0 Å². The highest BCUT2D eigenvalue weighted by molar-refractivity contribution is 6.30. The highest BCUT2D eigenvalue weighted by Gasteiger charge is 2.14. The molecule has 0 aliphatic heterocycles. The third kappa shape index (κ3) is 5.09. The van der Waals surface area contributed by atoms with E-state index in [0.717, 1.165) is 31.4 Å². The predicted molar refractivity (Wildman–Crippen MR) is 72.2 cm³/mol. The number of amides is 1. The highest BCUT2D eigenvalue weighted by Crippen LogP contribution is 2.16. The van der Waals surface area contributed by atoms with Gasteiger partial charge in [-0.3, -0.25) is 4.79 Å². The molecule has 1 rings (SSSR count). The minimum atomic E-state index is -0.309. The van der Waals surface area contributed by atoms with E-state index in [1.807, 2.05) is 12.1 Å². The molecule has 1 aromatic carbocycles. The van der Waals surface area contributed by atoms with Crippen LogP contribution in [0.4, 0.5) is 5.69 Å². The van der Waals surface area contributed by atoms with Gasteiger partial charge in [0.2, 0.25) is 5.91 Å². The van der Waals surface area contributed by atoms with Gasteiger partial charge in [-0.15, -0.1) is 0 Å². The molecule has 1 aromatic rings. The van der Waals surface area contributed by atoms with Gasteiger partial charge in [0.05, 0.1) is 0 Å². The molecule has 0 aliphatic carbocycles. The number of primary amides is 1. The molecule has 0 fully saturated rings. The van der Waals surface area contributed by atoms with E-state index in [0.29, 0.717) is 5.02 Å². The molecule has 17 heavy (non-hydrogen) atoms. The third-order valence-corrected chi connectivity index (χ3v) is 2.88. The van der Waals surface area contributed by atoms with Crippen LogP contribution in [0.5, 0.6) is 0 Å². The lowest BCUT2D eigenvalue weighted by atomic mass is 10.1. The molecule has 0 radical (unpaired) electrons. The molecule has 0 bridgehead atoms. The van der Waals surface area contributed by atoms with Crippen LogP contribution in [0.1, 0.15) is 32.6 Å². The highest BCUT2D eigenvalue weighted by atomic mass is 35.5. The number of carbonyl (C=O) groups is 1. The molecular formula is C13H19ClN2O. The van der Waals surface area contributed by atoms with Crippen molar-refractivity contribution in [3.8, 4) is 0 Å². The monoisotopic (exact) mass is 254 g/mol. The first kappa shape index (κ1) is 13.8. The number of hydrogen-bond donors (Lipinski definition) is 2. The number of hydrogen-bond acceptors (Lipinski definition) is 2. The number of unbranched alkanes of at least 4 members (excludes halogenated alkanes) is 2. The molecule has 0 saturated heterocycles. The Morgan fingerprint density at radius 2 is 2.00 bits per heavy atom. The van der Waals surface area contributed by atoms with Crippen LogP contribution in [0, 0.1) is 0 Å². The molecule has 0 spiro atoms. The van der Waals surface area contributed by atoms with Gasteiger partial charge in [-0.05, 0) is 30.7 Å². The summed E-state index contributed by atoms with van der Waals surface area (Å²) in [4.78, 5) is 11.3. The summed E-state index contributed by atoms with van der Waals surface area (Å²) in [5.41, 5.74) is 6.24. The van der Waals surface area contributed by atoms with E-state index in [9.17, 15) is 4.79 Å². The lowest BCUT2D eigenvalue weighted by molar-refractivity contribution is -0.118. The molecule has 0 aromatic heterocycles. The Kier molecular flexibility index (Phi) is 5.84. The number of benzene rings is 1. The Morgan fingerprint density at radius 3 is 2.53 bits per heavy atom. The van der Waals surface area contributed by atoms with Crippen molar-refractivity contribution in [1.82, 2.24) is 0 Å². The fourth-order valence-corrected chi connectivity index (χ4v) is 1.76. The molecule has 3 N–H and O–H groups in total. The summed E-state index contributed by atoms with van der Waals surface area (Å²) in [6.07, 6.45) is 4.02. The second kappa shape index (κ2) is 7.17. The summed E-state index contributed by atoms with van der Waals surface area (Å²) in [5.74, 6) is -0.309. The molecule has 3 nitrogen and oxygen atoms in total. The first-order valence-corrected chi connectivity index (χ1v) is 6.32. The first-order valence-electron chi connectivity index (χ1n) is 5.95. The number of rotatable bonds is 7. The van der Waals surface area contributed by atoms with Gasteiger partial charge in [0.15, 0.2) is 0 Å². The fourth-order valence-electron chi connectivity index (χ4n) is 1.63. The van der Waals surface area contributed by atoms with E-state index >= 15 is 0 Å². The van der Waals surface area contributed by atoms with Crippen molar-refractivity contribution in [3.05, 3.63) is 29.3 Å². The topological polar surface area (TPSA) is 55.1 Å². The fraction of sp³-hybridized carbons (Fsp3) is 0.462. The van der Waals surface area contributed by atoms with E-state index < -0.39 is 0 Å². The Morgan fingerprint density at radius 1 is 1.35 bits per heavy atom. The molecule has 0 saturated carbocycles. The van der Waals surface area contributed by atoms with E-state index in [1.54, 1.807) is 12.1 Å². The van der Waals surface area contributed by atoms with Crippen molar-refractivity contribution < 1.29 is 4.79 Å². The van der Waals surface area contributed by atoms with E-state index in [1.165, 1.54) is 0 Å². The standard InChI is InChI=1S/C13H19ClN2O/c1-2-3-4-5-12(13(15)17)16-11-8-6-10(14)7-9-11/h6-9,12,16H,2-5H2,1H3,(H2,15,17). The summed E-state index contributed by atoms with van der Waals surface area (Å²) in [7, 11) is 0. The zero-order valence-electron chi connectivity index (χ0n) is 10.1. The van der Waals surface area contributed by atoms with Gasteiger partial charge in [-0.25, -0.2) is 0 Å². The summed E-state index contributed by atoms with van der Waals surface area (Å²) < 4.78 is 0. The van der Waals surface area contributed by atoms with Gasteiger partial charge < -0.3 is 11.1 Å². The Hall–Kier alpha value is -1.22. The van der Waals surface area contributed by atoms with Crippen LogP contribution in [-0.4, -0.2) is 11.9 Å². The number of nitrogens with one attached hydrogen (secondary N) is 1. The number of carbonyl (C=O) groups excluding carboxylic acids is 1. The van der Waals surface area contributed by atoms with Gasteiger partial charge in [0, 0.05) is 10.7 Å². The maximum atomic E-state index is 11.3. The molecule has 4 heteroatoms. The minimum Gasteiger partial charge on any atom is -0.374 e. The van der Waals surface area contributed by atoms with E-state index in [2.05, 4.69) is 12.2 Å². The second-order valence-corrected chi connectivity index (χ2v) is 4.54. The largest absolute Gasteiger partial charge is 0.374 e. The normalized spacial score (nSPS) is 12.1. The van der Waals surface area contributed by atoms with Crippen molar-refractivity contribution in [2.24, 2.45) is 5.73 Å². The lowest BCUT2D eigenvalue weighted by Crippen LogP contribution is -2.35. The summed E-state index contributed by atoms with van der Waals surface area (Å²) in [6, 6.07) is 6.96. The second-order valence-electron chi connectivity index (χ2n) is 4.10. The average Bonchev–Trinajstić information content (AvgIpc) is 2.30. The van der Waals surface area contributed by atoms with Crippen molar-refractivity contribution in [3.63, 3.8) is 0 Å². The van der Waals surface area contributed by atoms with Crippen molar-refractivity contribution in [2.75, 3.05) is 5.32 Å². The maximum Gasteiger partial charge on any atom is 0.239 e. The SMILES string of the molecule is CCCCCC(Nc1ccc(Cl)cc1)C(N)=O. The lowest BCUT2D eigenvalue weighted by Gasteiger charge is -2.16. The summed E-state index contributed by atoms with van der Waals surface area (Å²) >= 11 is 5.79. The number of anilines is 1. The Labute approximate surface area is 107 Å². The van der Waals surface area contributed by atoms with E-state index in [4.69, 9.17) is 17.3 Å². The van der Waals surface area contributed by atoms with Gasteiger partial charge in [0.1, 0.15) is 6.04 Å². The van der Waals surface area contributed by atoms with Crippen LogP contribution in [0.2, 0.25) is 5.02 Å².